The van der Waals surface area contributed by atoms with Gasteiger partial charge < -0.3 is 35.6 Å². The van der Waals surface area contributed by atoms with Crippen LogP contribution in [0.5, 0.6) is 0 Å². The van der Waals surface area contributed by atoms with Crippen molar-refractivity contribution in [1.82, 2.24) is 24.9 Å². The minimum Gasteiger partial charge on any atom is -0.342 e. The van der Waals surface area contributed by atoms with Crippen molar-refractivity contribution in [2.24, 2.45) is 0 Å². The molecule has 4 heterocycles. The minimum atomic E-state index is -4.59. The smallest absolute Gasteiger partial charge is 0.342 e. The highest BCUT2D eigenvalue weighted by molar-refractivity contribution is 5.96. The standard InChI is InChI=1S/C35H44F3N7O4.C2H6/c36-35(37,38)25-8-6-9-26(21-25)39-33(48)40-30(32(47)44-19-11-27(12-20-44)42-15-4-1-5-16-42)22-31(46)43-17-13-28(14-18-43)45-23-24-7-2-3-10-29(24)41-34(45)49;1-2/h2-3,6-10,21,27-28,30H,1,4-5,11-20,22-23H2,(H,41,49)(H2,39,40,48);1-2H3/t30-;/m0./s1. The minimum absolute atomic E-state index is 0.0626. The van der Waals surface area contributed by atoms with E-state index in [1.165, 1.54) is 31.4 Å². The summed E-state index contributed by atoms with van der Waals surface area (Å²) < 4.78 is 39.8. The van der Waals surface area contributed by atoms with Crippen molar-refractivity contribution in [3.8, 4) is 0 Å². The third-order valence-corrected chi connectivity index (χ3v) is 10.2. The number of alkyl halides is 3. The van der Waals surface area contributed by atoms with Gasteiger partial charge in [0, 0.05) is 56.2 Å². The van der Waals surface area contributed by atoms with Gasteiger partial charge in [0.1, 0.15) is 6.04 Å². The Morgan fingerprint density at radius 2 is 1.49 bits per heavy atom. The Hall–Kier alpha value is -4.33. The average molecular weight is 714 g/mol. The number of nitrogens with zero attached hydrogens (tertiary/aromatic N) is 4. The number of piperidine rings is 3. The molecule has 14 heteroatoms. The van der Waals surface area contributed by atoms with Gasteiger partial charge in [-0.3, -0.25) is 9.59 Å². The van der Waals surface area contributed by atoms with E-state index in [1.807, 2.05) is 38.1 Å². The van der Waals surface area contributed by atoms with Crippen LogP contribution in [0.4, 0.5) is 34.1 Å². The number of rotatable bonds is 7. The highest BCUT2D eigenvalue weighted by Crippen LogP contribution is 2.31. The van der Waals surface area contributed by atoms with Gasteiger partial charge in [-0.2, -0.15) is 13.2 Å². The third-order valence-electron chi connectivity index (χ3n) is 10.2. The van der Waals surface area contributed by atoms with Crippen molar-refractivity contribution in [2.45, 2.75) is 96.1 Å². The average Bonchev–Trinajstić information content (AvgIpc) is 3.15. The summed E-state index contributed by atoms with van der Waals surface area (Å²) in [5, 5.41) is 7.94. The number of fused-ring (bicyclic) bond motifs is 1. The van der Waals surface area contributed by atoms with Crippen molar-refractivity contribution < 1.29 is 32.3 Å². The lowest BCUT2D eigenvalue weighted by atomic mass is 9.98. The molecule has 0 aromatic heterocycles. The number of benzene rings is 2. The SMILES string of the molecule is CC.O=C(Nc1cccc(C(F)(F)F)c1)N[C@@H](CC(=O)N1CCC(N2Cc3ccccc3NC2=O)CC1)C(=O)N1CCC(N2CCCCC2)CC1. The summed E-state index contributed by atoms with van der Waals surface area (Å²) in [6, 6.07) is 9.96. The van der Waals surface area contributed by atoms with Gasteiger partial charge in [0.2, 0.25) is 11.8 Å². The first kappa shape index (κ1) is 37.9. The number of para-hydroxylation sites is 1. The Bertz CT molecular complexity index is 1520. The molecule has 3 N–H and O–H groups in total. The summed E-state index contributed by atoms with van der Waals surface area (Å²) in [4.78, 5) is 61.0. The second-order valence-electron chi connectivity index (χ2n) is 13.4. The number of hydrogen-bond acceptors (Lipinski definition) is 5. The zero-order valence-electron chi connectivity index (χ0n) is 29.5. The van der Waals surface area contributed by atoms with E-state index in [2.05, 4.69) is 20.9 Å². The van der Waals surface area contributed by atoms with Crippen molar-refractivity contribution in [3.05, 3.63) is 59.7 Å². The molecule has 2 aromatic rings. The molecular weight excluding hydrogens is 663 g/mol. The van der Waals surface area contributed by atoms with Crippen LogP contribution in [-0.4, -0.2) is 101 Å². The number of anilines is 2. The summed E-state index contributed by atoms with van der Waals surface area (Å²) in [7, 11) is 0. The van der Waals surface area contributed by atoms with Crippen molar-refractivity contribution in [3.63, 3.8) is 0 Å². The lowest BCUT2D eigenvalue weighted by Crippen LogP contribution is -2.56. The monoisotopic (exact) mass is 713 g/mol. The predicted octanol–water partition coefficient (Wildman–Crippen LogP) is 6.13. The van der Waals surface area contributed by atoms with Crippen molar-refractivity contribution in [1.29, 1.82) is 0 Å². The van der Waals surface area contributed by atoms with Crippen LogP contribution in [0.25, 0.3) is 0 Å². The lowest BCUT2D eigenvalue weighted by Gasteiger charge is -2.41. The van der Waals surface area contributed by atoms with Crippen LogP contribution < -0.4 is 16.0 Å². The van der Waals surface area contributed by atoms with E-state index >= 15 is 0 Å². The van der Waals surface area contributed by atoms with Gasteiger partial charge in [0.25, 0.3) is 0 Å². The number of carbonyl (C=O) groups excluding carboxylic acids is 4. The molecule has 3 fully saturated rings. The fourth-order valence-electron chi connectivity index (χ4n) is 7.50. The molecule has 6 rings (SSSR count). The van der Waals surface area contributed by atoms with Gasteiger partial charge in [0.05, 0.1) is 12.0 Å². The van der Waals surface area contributed by atoms with Gasteiger partial charge in [-0.15, -0.1) is 0 Å². The molecule has 0 aliphatic carbocycles. The maximum atomic E-state index is 13.9. The molecule has 0 spiro atoms. The fraction of sp³-hybridized carbons (Fsp3) is 0.568. The molecule has 3 saturated heterocycles. The summed E-state index contributed by atoms with van der Waals surface area (Å²) >= 11 is 0. The number of amides is 6. The number of urea groups is 2. The van der Waals surface area contributed by atoms with E-state index in [0.29, 0.717) is 51.6 Å². The van der Waals surface area contributed by atoms with E-state index in [9.17, 15) is 32.3 Å². The second-order valence-corrected chi connectivity index (χ2v) is 13.4. The molecule has 0 saturated carbocycles. The highest BCUT2D eigenvalue weighted by Gasteiger charge is 2.37. The van der Waals surface area contributed by atoms with Crippen LogP contribution >= 0.6 is 0 Å². The van der Waals surface area contributed by atoms with Crippen LogP contribution in [-0.2, 0) is 22.3 Å². The molecule has 0 unspecified atom stereocenters. The Labute approximate surface area is 297 Å². The zero-order chi connectivity index (χ0) is 36.5. The van der Waals surface area contributed by atoms with E-state index < -0.39 is 23.8 Å². The zero-order valence-corrected chi connectivity index (χ0v) is 29.5. The largest absolute Gasteiger partial charge is 0.416 e. The van der Waals surface area contributed by atoms with E-state index in [-0.39, 0.29) is 36.0 Å². The Balaban J connectivity index is 0.00000248. The number of nitrogens with one attached hydrogen (secondary N) is 3. The molecule has 6 amide bonds. The number of halogens is 3. The normalized spacial score (nSPS) is 19.6. The van der Waals surface area contributed by atoms with Gasteiger partial charge in [0.15, 0.2) is 0 Å². The number of carbonyl (C=O) groups is 4. The van der Waals surface area contributed by atoms with Crippen molar-refractivity contribution in [2.75, 3.05) is 49.9 Å². The molecule has 0 bridgehead atoms. The summed E-state index contributed by atoms with van der Waals surface area (Å²) in [6.07, 6.45) is 1.42. The summed E-state index contributed by atoms with van der Waals surface area (Å²) in [5.74, 6) is -0.698. The predicted molar refractivity (Wildman–Crippen MR) is 189 cm³/mol. The molecular formula is C37H50F3N7O4. The molecule has 4 aliphatic rings. The molecule has 2 aromatic carbocycles. The van der Waals surface area contributed by atoms with Crippen LogP contribution in [0, 0.1) is 0 Å². The maximum absolute atomic E-state index is 13.9. The Morgan fingerprint density at radius 1 is 0.843 bits per heavy atom. The molecule has 1 atom stereocenters. The topological polar surface area (TPSA) is 117 Å². The van der Waals surface area contributed by atoms with Gasteiger partial charge >= 0.3 is 18.2 Å². The number of likely N-dealkylation sites (tertiary alicyclic amines) is 3. The van der Waals surface area contributed by atoms with Crippen LogP contribution in [0.15, 0.2) is 48.5 Å². The highest BCUT2D eigenvalue weighted by atomic mass is 19.4. The number of hydrogen-bond donors (Lipinski definition) is 3. The van der Waals surface area contributed by atoms with Crippen LogP contribution in [0.1, 0.15) is 76.3 Å². The van der Waals surface area contributed by atoms with Gasteiger partial charge in [-0.05, 0) is 81.4 Å². The Kier molecular flexibility index (Phi) is 12.8. The second kappa shape index (κ2) is 17.3. The molecule has 11 nitrogen and oxygen atoms in total. The Morgan fingerprint density at radius 3 is 2.18 bits per heavy atom. The quantitative estimate of drug-likeness (QED) is 0.320. The first-order valence-electron chi connectivity index (χ1n) is 18.3. The molecule has 4 aliphatic heterocycles. The van der Waals surface area contributed by atoms with Crippen LogP contribution in [0.3, 0.4) is 0 Å². The van der Waals surface area contributed by atoms with Crippen molar-refractivity contribution >= 4 is 35.3 Å². The van der Waals surface area contributed by atoms with Gasteiger partial charge in [-0.1, -0.05) is 44.5 Å². The third kappa shape index (κ3) is 9.72. The molecule has 51 heavy (non-hydrogen) atoms. The first-order chi connectivity index (χ1) is 24.5. The maximum Gasteiger partial charge on any atom is 0.416 e. The summed E-state index contributed by atoms with van der Waals surface area (Å²) in [5.41, 5.74) is 0.821. The van der Waals surface area contributed by atoms with E-state index in [0.717, 1.165) is 49.3 Å². The summed E-state index contributed by atoms with van der Waals surface area (Å²) in [6.45, 7) is 8.35. The van der Waals surface area contributed by atoms with Gasteiger partial charge in [-0.25, -0.2) is 9.59 Å². The first-order valence-corrected chi connectivity index (χ1v) is 18.3. The molecule has 0 radical (unpaired) electrons. The molecule has 278 valence electrons. The van der Waals surface area contributed by atoms with Crippen LogP contribution in [0.2, 0.25) is 0 Å². The van der Waals surface area contributed by atoms with E-state index in [4.69, 9.17) is 0 Å². The lowest BCUT2D eigenvalue weighted by molar-refractivity contribution is -0.140. The van der Waals surface area contributed by atoms with E-state index in [1.54, 1.807) is 14.7 Å². The fourth-order valence-corrected chi connectivity index (χ4v) is 7.50.